The highest BCUT2D eigenvalue weighted by molar-refractivity contribution is 5.82. The minimum Gasteiger partial charge on any atom is -0.467 e. The van der Waals surface area contributed by atoms with Crippen LogP contribution in [0.3, 0.4) is 0 Å². The number of methoxy groups -OCH3 is 1. The third-order valence-electron chi connectivity index (χ3n) is 3.46. The monoisotopic (exact) mass is 297 g/mol. The molecular formula is C17H15NO4. The minimum atomic E-state index is -2.23. The van der Waals surface area contributed by atoms with Crippen LogP contribution in [0.25, 0.3) is 0 Å². The molecule has 0 bridgehead atoms. The quantitative estimate of drug-likeness (QED) is 0.837. The van der Waals surface area contributed by atoms with Crippen molar-refractivity contribution in [2.24, 2.45) is 0 Å². The van der Waals surface area contributed by atoms with Crippen molar-refractivity contribution in [1.29, 1.82) is 5.26 Å². The van der Waals surface area contributed by atoms with Crippen LogP contribution >= 0.6 is 0 Å². The number of aliphatic hydroxyl groups is 2. The molecular weight excluding hydrogens is 282 g/mol. The average molecular weight is 297 g/mol. The van der Waals surface area contributed by atoms with Gasteiger partial charge >= 0.3 is 5.97 Å². The van der Waals surface area contributed by atoms with Crippen molar-refractivity contribution < 1.29 is 19.7 Å². The summed E-state index contributed by atoms with van der Waals surface area (Å²) in [6.07, 6.45) is -1.53. The third-order valence-corrected chi connectivity index (χ3v) is 3.46. The van der Waals surface area contributed by atoms with Gasteiger partial charge in [-0.1, -0.05) is 42.5 Å². The fourth-order valence-electron chi connectivity index (χ4n) is 2.22. The van der Waals surface area contributed by atoms with Crippen LogP contribution in [0.2, 0.25) is 0 Å². The molecule has 0 amide bonds. The second-order valence-corrected chi connectivity index (χ2v) is 4.76. The lowest BCUT2D eigenvalue weighted by atomic mass is 9.84. The molecule has 0 aliphatic heterocycles. The lowest BCUT2D eigenvalue weighted by Gasteiger charge is -2.31. The largest absolute Gasteiger partial charge is 0.467 e. The van der Waals surface area contributed by atoms with Gasteiger partial charge in [0.1, 0.15) is 6.10 Å². The molecule has 22 heavy (non-hydrogen) atoms. The van der Waals surface area contributed by atoms with Gasteiger partial charge < -0.3 is 14.9 Å². The number of nitriles is 1. The van der Waals surface area contributed by atoms with E-state index >= 15 is 0 Å². The number of benzene rings is 2. The normalized spacial score (nSPS) is 14.5. The Bertz CT molecular complexity index is 691. The van der Waals surface area contributed by atoms with Gasteiger partial charge in [-0.2, -0.15) is 5.26 Å². The maximum Gasteiger partial charge on any atom is 0.345 e. The van der Waals surface area contributed by atoms with Crippen LogP contribution in [0, 0.1) is 11.3 Å². The topological polar surface area (TPSA) is 90.6 Å². The van der Waals surface area contributed by atoms with E-state index in [-0.39, 0.29) is 5.56 Å². The second kappa shape index (κ2) is 6.39. The molecule has 2 unspecified atom stereocenters. The molecule has 2 atom stereocenters. The molecule has 5 heteroatoms. The van der Waals surface area contributed by atoms with E-state index in [0.717, 1.165) is 7.11 Å². The maximum atomic E-state index is 12.1. The zero-order chi connectivity index (χ0) is 16.2. The number of carbonyl (C=O) groups is 1. The maximum absolute atomic E-state index is 12.1. The Labute approximate surface area is 128 Å². The van der Waals surface area contributed by atoms with Crippen LogP contribution in [-0.4, -0.2) is 23.3 Å². The van der Waals surface area contributed by atoms with E-state index in [9.17, 15) is 15.0 Å². The second-order valence-electron chi connectivity index (χ2n) is 4.76. The van der Waals surface area contributed by atoms with E-state index in [1.54, 1.807) is 18.2 Å². The Balaban J connectivity index is 2.49. The average Bonchev–Trinajstić information content (AvgIpc) is 2.60. The summed E-state index contributed by atoms with van der Waals surface area (Å²) in [4.78, 5) is 12.1. The first kappa shape index (κ1) is 15.7. The molecule has 5 nitrogen and oxygen atoms in total. The third kappa shape index (κ3) is 2.70. The molecule has 2 rings (SSSR count). The van der Waals surface area contributed by atoms with Gasteiger partial charge in [-0.05, 0) is 23.3 Å². The predicted octanol–water partition coefficient (Wildman–Crippen LogP) is 1.65. The van der Waals surface area contributed by atoms with Gasteiger partial charge in [0.25, 0.3) is 0 Å². The first-order valence-electron chi connectivity index (χ1n) is 6.58. The molecule has 112 valence electrons. The summed E-state index contributed by atoms with van der Waals surface area (Å²) in [7, 11) is 1.14. The molecule has 0 radical (unpaired) electrons. The van der Waals surface area contributed by atoms with Gasteiger partial charge in [0, 0.05) is 0 Å². The van der Waals surface area contributed by atoms with Gasteiger partial charge in [-0.3, -0.25) is 0 Å². The molecule has 2 aromatic rings. The minimum absolute atomic E-state index is 0.221. The molecule has 0 aliphatic carbocycles. The summed E-state index contributed by atoms with van der Waals surface area (Å²) < 4.78 is 4.66. The van der Waals surface area contributed by atoms with Crippen LogP contribution in [0.1, 0.15) is 22.8 Å². The molecule has 0 aliphatic rings. The van der Waals surface area contributed by atoms with E-state index in [4.69, 9.17) is 5.26 Å². The Morgan fingerprint density at radius 1 is 1.18 bits per heavy atom. The number of carbonyl (C=O) groups excluding carboxylic acids is 1. The molecule has 0 heterocycles. The van der Waals surface area contributed by atoms with Crippen LogP contribution in [0.15, 0.2) is 54.6 Å². The van der Waals surface area contributed by atoms with Gasteiger partial charge in [-0.15, -0.1) is 0 Å². The van der Waals surface area contributed by atoms with Crippen LogP contribution in [-0.2, 0) is 15.1 Å². The van der Waals surface area contributed by atoms with Crippen molar-refractivity contribution in [3.63, 3.8) is 0 Å². The molecule has 0 aromatic heterocycles. The van der Waals surface area contributed by atoms with E-state index in [1.165, 1.54) is 36.4 Å². The Hall–Kier alpha value is -2.68. The van der Waals surface area contributed by atoms with Crippen LogP contribution < -0.4 is 0 Å². The van der Waals surface area contributed by atoms with E-state index in [1.807, 2.05) is 6.07 Å². The fourth-order valence-corrected chi connectivity index (χ4v) is 2.22. The number of rotatable bonds is 4. The summed E-state index contributed by atoms with van der Waals surface area (Å²) in [6, 6.07) is 16.0. The summed E-state index contributed by atoms with van der Waals surface area (Å²) in [6.45, 7) is 0. The lowest BCUT2D eigenvalue weighted by molar-refractivity contribution is -0.178. The van der Waals surface area contributed by atoms with Crippen molar-refractivity contribution in [2.75, 3.05) is 7.11 Å². The smallest absolute Gasteiger partial charge is 0.345 e. The molecule has 2 N–H and O–H groups in total. The van der Waals surface area contributed by atoms with Crippen molar-refractivity contribution in [2.45, 2.75) is 11.7 Å². The van der Waals surface area contributed by atoms with E-state index in [0.29, 0.717) is 11.1 Å². The first-order valence-corrected chi connectivity index (χ1v) is 6.58. The Kier molecular flexibility index (Phi) is 4.56. The van der Waals surface area contributed by atoms with Gasteiger partial charge in [-0.25, -0.2) is 4.79 Å². The van der Waals surface area contributed by atoms with Gasteiger partial charge in [0.2, 0.25) is 5.60 Å². The van der Waals surface area contributed by atoms with Crippen molar-refractivity contribution >= 4 is 5.97 Å². The SMILES string of the molecule is COC(=O)C(O)(c1ccccc1)C(O)c1ccc(C#N)cc1. The van der Waals surface area contributed by atoms with Crippen molar-refractivity contribution in [3.8, 4) is 6.07 Å². The zero-order valence-corrected chi connectivity index (χ0v) is 11.9. The molecule has 0 spiro atoms. The van der Waals surface area contributed by atoms with Gasteiger partial charge in [0.05, 0.1) is 18.7 Å². The Morgan fingerprint density at radius 2 is 1.77 bits per heavy atom. The number of nitrogens with zero attached hydrogens (tertiary/aromatic N) is 1. The number of aliphatic hydroxyl groups excluding tert-OH is 1. The highest BCUT2D eigenvalue weighted by Gasteiger charge is 2.47. The van der Waals surface area contributed by atoms with E-state index in [2.05, 4.69) is 4.74 Å². The number of ether oxygens (including phenoxy) is 1. The van der Waals surface area contributed by atoms with E-state index < -0.39 is 17.7 Å². The zero-order valence-electron chi connectivity index (χ0n) is 11.9. The summed E-state index contributed by atoms with van der Waals surface area (Å²) >= 11 is 0. The fraction of sp³-hybridized carbons (Fsp3) is 0.176. The summed E-state index contributed by atoms with van der Waals surface area (Å²) in [5.41, 5.74) is -1.30. The van der Waals surface area contributed by atoms with Crippen molar-refractivity contribution in [1.82, 2.24) is 0 Å². The summed E-state index contributed by atoms with van der Waals surface area (Å²) in [5.74, 6) is -0.962. The highest BCUT2D eigenvalue weighted by atomic mass is 16.5. The molecule has 0 saturated carbocycles. The number of hydrogen-bond donors (Lipinski definition) is 2. The summed E-state index contributed by atoms with van der Waals surface area (Å²) in [5, 5.41) is 30.1. The van der Waals surface area contributed by atoms with Crippen LogP contribution in [0.5, 0.6) is 0 Å². The lowest BCUT2D eigenvalue weighted by Crippen LogP contribution is -2.42. The first-order chi connectivity index (χ1) is 10.5. The van der Waals surface area contributed by atoms with Crippen molar-refractivity contribution in [3.05, 3.63) is 71.3 Å². The number of esters is 1. The van der Waals surface area contributed by atoms with Gasteiger partial charge in [0.15, 0.2) is 0 Å². The highest BCUT2D eigenvalue weighted by Crippen LogP contribution is 2.36. The molecule has 0 saturated heterocycles. The predicted molar refractivity (Wildman–Crippen MR) is 78.5 cm³/mol. The molecule has 2 aromatic carbocycles. The Morgan fingerprint density at radius 3 is 2.27 bits per heavy atom. The standard InChI is InChI=1S/C17H15NO4/c1-22-16(20)17(21,14-5-3-2-4-6-14)15(19)13-9-7-12(11-18)8-10-13/h2-10,15,19,21H,1H3. The number of hydrogen-bond acceptors (Lipinski definition) is 5. The van der Waals surface area contributed by atoms with Crippen LogP contribution in [0.4, 0.5) is 0 Å². The molecule has 0 fully saturated rings.